The van der Waals surface area contributed by atoms with Gasteiger partial charge in [0.25, 0.3) is 0 Å². The molecule has 8 nitrogen and oxygen atoms in total. The first kappa shape index (κ1) is 18.8. The molecule has 126 valence electrons. The highest BCUT2D eigenvalue weighted by molar-refractivity contribution is 7.89. The van der Waals surface area contributed by atoms with Crippen molar-refractivity contribution in [2.24, 2.45) is 0 Å². The number of nitrogens with one attached hydrogen (secondary N) is 3. The van der Waals surface area contributed by atoms with Crippen LogP contribution in [0.2, 0.25) is 0 Å². The number of anilines is 1. The fourth-order valence-corrected chi connectivity index (χ4v) is 3.30. The zero-order valence-corrected chi connectivity index (χ0v) is 14.5. The Hall–Kier alpha value is -1.23. The van der Waals surface area contributed by atoms with Crippen molar-refractivity contribution in [2.75, 3.05) is 24.7 Å². The molecule has 0 bridgehead atoms. The zero-order chi connectivity index (χ0) is 16.8. The molecule has 0 unspecified atom stereocenters. The third-order valence-electron chi connectivity index (χ3n) is 2.46. The first-order valence-electron chi connectivity index (χ1n) is 6.77. The van der Waals surface area contributed by atoms with E-state index in [0.29, 0.717) is 25.3 Å². The van der Waals surface area contributed by atoms with Crippen LogP contribution >= 0.6 is 0 Å². The van der Waals surface area contributed by atoms with E-state index in [1.54, 1.807) is 19.9 Å². The molecule has 0 fully saturated rings. The van der Waals surface area contributed by atoms with Gasteiger partial charge >= 0.3 is 0 Å². The largest absolute Gasteiger partial charge is 0.370 e. The minimum atomic E-state index is -3.54. The molecule has 0 spiro atoms. The van der Waals surface area contributed by atoms with Crippen molar-refractivity contribution in [3.8, 4) is 0 Å². The second-order valence-electron chi connectivity index (χ2n) is 5.10. The van der Waals surface area contributed by atoms with Crippen LogP contribution < -0.4 is 14.8 Å². The van der Waals surface area contributed by atoms with Gasteiger partial charge in [-0.2, -0.15) is 0 Å². The van der Waals surface area contributed by atoms with Crippen LogP contribution in [0.5, 0.6) is 0 Å². The van der Waals surface area contributed by atoms with Crippen LogP contribution in [0.25, 0.3) is 0 Å². The lowest BCUT2D eigenvalue weighted by Gasteiger charge is -2.10. The molecule has 0 aliphatic carbocycles. The molecule has 10 heteroatoms. The molecule has 3 N–H and O–H groups in total. The van der Waals surface area contributed by atoms with Crippen LogP contribution in [-0.4, -0.2) is 47.2 Å². The molecular formula is C12H22N4O4S2. The average molecular weight is 350 g/mol. The molecule has 0 radical (unpaired) electrons. The molecule has 1 aromatic rings. The van der Waals surface area contributed by atoms with E-state index in [9.17, 15) is 16.8 Å². The number of nitrogens with zero attached hydrogens (tertiary/aromatic N) is 1. The summed E-state index contributed by atoms with van der Waals surface area (Å²) in [5.74, 6) is 0.530. The quantitative estimate of drug-likeness (QED) is 0.545. The molecule has 0 atom stereocenters. The number of pyridine rings is 1. The van der Waals surface area contributed by atoms with Gasteiger partial charge < -0.3 is 5.32 Å². The molecule has 1 aromatic heterocycles. The standard InChI is InChI=1S/C12H22N4O4S2/c1-10(2)16-22(19,20)11-5-6-12(14-9-11)13-7-4-8-15-21(3,17)18/h5-6,9-10,15-16H,4,7-8H2,1-3H3,(H,13,14). The van der Waals surface area contributed by atoms with Gasteiger partial charge in [0.1, 0.15) is 10.7 Å². The predicted octanol–water partition coefficient (Wildman–Crippen LogP) is 0.120. The highest BCUT2D eigenvalue weighted by Gasteiger charge is 2.15. The third-order valence-corrected chi connectivity index (χ3v) is 4.83. The molecule has 0 aliphatic rings. The molecular weight excluding hydrogens is 328 g/mol. The summed E-state index contributed by atoms with van der Waals surface area (Å²) in [5, 5.41) is 2.99. The van der Waals surface area contributed by atoms with Gasteiger partial charge in [-0.05, 0) is 32.4 Å². The van der Waals surface area contributed by atoms with Crippen molar-refractivity contribution in [3.05, 3.63) is 18.3 Å². The maximum absolute atomic E-state index is 11.9. The van der Waals surface area contributed by atoms with E-state index in [0.717, 1.165) is 6.26 Å². The second-order valence-corrected chi connectivity index (χ2v) is 8.65. The number of hydrogen-bond acceptors (Lipinski definition) is 6. The highest BCUT2D eigenvalue weighted by Crippen LogP contribution is 2.11. The van der Waals surface area contributed by atoms with E-state index in [-0.39, 0.29) is 10.9 Å². The van der Waals surface area contributed by atoms with Crippen LogP contribution in [0.4, 0.5) is 5.82 Å². The van der Waals surface area contributed by atoms with Gasteiger partial charge in [-0.25, -0.2) is 31.3 Å². The van der Waals surface area contributed by atoms with Crippen LogP contribution in [0, 0.1) is 0 Å². The SMILES string of the molecule is CC(C)NS(=O)(=O)c1ccc(NCCCNS(C)(=O)=O)nc1. The van der Waals surface area contributed by atoms with Gasteiger partial charge in [0, 0.05) is 25.3 Å². The highest BCUT2D eigenvalue weighted by atomic mass is 32.2. The summed E-state index contributed by atoms with van der Waals surface area (Å²) < 4.78 is 50.4. The second kappa shape index (κ2) is 7.86. The van der Waals surface area contributed by atoms with E-state index in [2.05, 4.69) is 19.7 Å². The molecule has 0 saturated heterocycles. The Bertz CT molecular complexity index is 670. The maximum atomic E-state index is 11.9. The Morgan fingerprint density at radius 1 is 1.14 bits per heavy atom. The van der Waals surface area contributed by atoms with E-state index in [1.165, 1.54) is 12.3 Å². The van der Waals surface area contributed by atoms with Crippen LogP contribution in [0.3, 0.4) is 0 Å². The molecule has 0 saturated carbocycles. The van der Waals surface area contributed by atoms with Gasteiger partial charge in [0.2, 0.25) is 20.0 Å². The molecule has 22 heavy (non-hydrogen) atoms. The fraction of sp³-hybridized carbons (Fsp3) is 0.583. The monoisotopic (exact) mass is 350 g/mol. The summed E-state index contributed by atoms with van der Waals surface area (Å²) in [7, 11) is -6.71. The summed E-state index contributed by atoms with van der Waals surface area (Å²) >= 11 is 0. The normalized spacial score (nSPS) is 12.5. The van der Waals surface area contributed by atoms with Crippen molar-refractivity contribution in [3.63, 3.8) is 0 Å². The van der Waals surface area contributed by atoms with Crippen molar-refractivity contribution in [1.29, 1.82) is 0 Å². The summed E-state index contributed by atoms with van der Waals surface area (Å²) in [6, 6.07) is 2.85. The Morgan fingerprint density at radius 3 is 2.32 bits per heavy atom. The summed E-state index contributed by atoms with van der Waals surface area (Å²) in [5.41, 5.74) is 0. The Balaban J connectivity index is 2.49. The topological polar surface area (TPSA) is 117 Å². The maximum Gasteiger partial charge on any atom is 0.242 e. The first-order chi connectivity index (χ1) is 10.1. The van der Waals surface area contributed by atoms with Gasteiger partial charge in [0.05, 0.1) is 6.26 Å². The zero-order valence-electron chi connectivity index (χ0n) is 12.8. The predicted molar refractivity (Wildman–Crippen MR) is 85.6 cm³/mol. The number of hydrogen-bond donors (Lipinski definition) is 3. The van der Waals surface area contributed by atoms with Crippen LogP contribution in [0.15, 0.2) is 23.2 Å². The van der Waals surface area contributed by atoms with Crippen LogP contribution in [0.1, 0.15) is 20.3 Å². The summed E-state index contributed by atoms with van der Waals surface area (Å²) in [6.45, 7) is 4.33. The Morgan fingerprint density at radius 2 is 1.82 bits per heavy atom. The minimum Gasteiger partial charge on any atom is -0.370 e. The van der Waals surface area contributed by atoms with E-state index in [4.69, 9.17) is 0 Å². The summed E-state index contributed by atoms with van der Waals surface area (Å²) in [4.78, 5) is 4.13. The molecule has 1 heterocycles. The van der Waals surface area contributed by atoms with Gasteiger partial charge in [-0.3, -0.25) is 0 Å². The van der Waals surface area contributed by atoms with Crippen molar-refractivity contribution in [2.45, 2.75) is 31.2 Å². The Kier molecular flexibility index (Phi) is 6.72. The minimum absolute atomic E-state index is 0.102. The third kappa shape index (κ3) is 7.16. The van der Waals surface area contributed by atoms with E-state index in [1.807, 2.05) is 0 Å². The fourth-order valence-electron chi connectivity index (χ4n) is 1.58. The lowest BCUT2D eigenvalue weighted by atomic mass is 10.4. The van der Waals surface area contributed by atoms with E-state index < -0.39 is 20.0 Å². The Labute approximate surface area is 131 Å². The molecule has 0 aliphatic heterocycles. The number of aromatic nitrogens is 1. The van der Waals surface area contributed by atoms with E-state index >= 15 is 0 Å². The molecule has 0 aromatic carbocycles. The van der Waals surface area contributed by atoms with Crippen molar-refractivity contribution < 1.29 is 16.8 Å². The number of rotatable bonds is 9. The van der Waals surface area contributed by atoms with Gasteiger partial charge in [-0.1, -0.05) is 0 Å². The van der Waals surface area contributed by atoms with Gasteiger partial charge in [-0.15, -0.1) is 0 Å². The number of sulfonamides is 2. The lowest BCUT2D eigenvalue weighted by Crippen LogP contribution is -2.30. The molecule has 0 amide bonds. The lowest BCUT2D eigenvalue weighted by molar-refractivity contribution is 0.569. The smallest absolute Gasteiger partial charge is 0.242 e. The van der Waals surface area contributed by atoms with Gasteiger partial charge in [0.15, 0.2) is 0 Å². The summed E-state index contributed by atoms with van der Waals surface area (Å²) in [6.07, 6.45) is 2.97. The van der Waals surface area contributed by atoms with Crippen molar-refractivity contribution in [1.82, 2.24) is 14.4 Å². The van der Waals surface area contributed by atoms with Crippen molar-refractivity contribution >= 4 is 25.9 Å². The average Bonchev–Trinajstić information content (AvgIpc) is 2.36. The first-order valence-corrected chi connectivity index (χ1v) is 10.1. The van der Waals surface area contributed by atoms with Crippen LogP contribution in [-0.2, 0) is 20.0 Å². The molecule has 1 rings (SSSR count).